The third-order valence-corrected chi connectivity index (χ3v) is 4.99. The van der Waals surface area contributed by atoms with Gasteiger partial charge in [-0.25, -0.2) is 9.79 Å². The van der Waals surface area contributed by atoms with E-state index in [1.54, 1.807) is 24.7 Å². The van der Waals surface area contributed by atoms with Crippen molar-refractivity contribution in [3.63, 3.8) is 0 Å². The number of esters is 1. The lowest BCUT2D eigenvalue weighted by atomic mass is 10.00. The fourth-order valence-corrected chi connectivity index (χ4v) is 3.77. The van der Waals surface area contributed by atoms with E-state index in [0.717, 1.165) is 5.56 Å². The Morgan fingerprint density at radius 2 is 2.17 bits per heavy atom. The molecule has 126 valence electrons. The highest BCUT2D eigenvalue weighted by Crippen LogP contribution is 2.41. The van der Waals surface area contributed by atoms with E-state index in [1.165, 1.54) is 11.8 Å². The lowest BCUT2D eigenvalue weighted by Crippen LogP contribution is -2.25. The SMILES string of the molecule is CCOC(=O)C1=C(C)C2C(=O)N=C(CCn3cc(C)cn3)N=C2S1. The van der Waals surface area contributed by atoms with Crippen LogP contribution in [0.3, 0.4) is 0 Å². The molecule has 0 saturated carbocycles. The number of nitrogens with zero attached hydrogens (tertiary/aromatic N) is 4. The normalized spacial score (nSPS) is 20.0. The minimum Gasteiger partial charge on any atom is -0.462 e. The van der Waals surface area contributed by atoms with Gasteiger partial charge in [-0.05, 0) is 31.9 Å². The summed E-state index contributed by atoms with van der Waals surface area (Å²) in [4.78, 5) is 33.3. The second kappa shape index (κ2) is 6.72. The molecule has 3 heterocycles. The number of hydrogen-bond acceptors (Lipinski definition) is 6. The van der Waals surface area contributed by atoms with Crippen molar-refractivity contribution in [2.45, 2.75) is 33.7 Å². The fourth-order valence-electron chi connectivity index (χ4n) is 2.60. The van der Waals surface area contributed by atoms with Gasteiger partial charge >= 0.3 is 5.97 Å². The number of rotatable bonds is 5. The second-order valence-electron chi connectivity index (χ2n) is 5.61. The predicted octanol–water partition coefficient (Wildman–Crippen LogP) is 2.12. The maximum absolute atomic E-state index is 12.3. The minimum absolute atomic E-state index is 0.268. The maximum Gasteiger partial charge on any atom is 0.344 e. The Hall–Kier alpha value is -2.22. The van der Waals surface area contributed by atoms with Gasteiger partial charge in [0.05, 0.1) is 22.8 Å². The van der Waals surface area contributed by atoms with Crippen LogP contribution in [0.25, 0.3) is 0 Å². The van der Waals surface area contributed by atoms with Gasteiger partial charge in [-0.2, -0.15) is 10.1 Å². The molecule has 1 aromatic heterocycles. The summed E-state index contributed by atoms with van der Waals surface area (Å²) in [6, 6.07) is 0. The first-order valence-corrected chi connectivity index (χ1v) is 8.56. The molecule has 7 nitrogen and oxygen atoms in total. The molecule has 1 aromatic rings. The van der Waals surface area contributed by atoms with Crippen LogP contribution in [0, 0.1) is 12.8 Å². The predicted molar refractivity (Wildman–Crippen MR) is 91.9 cm³/mol. The van der Waals surface area contributed by atoms with Crippen LogP contribution >= 0.6 is 11.8 Å². The lowest BCUT2D eigenvalue weighted by molar-refractivity contribution is -0.137. The van der Waals surface area contributed by atoms with Gasteiger partial charge in [0.15, 0.2) is 0 Å². The van der Waals surface area contributed by atoms with Crippen LogP contribution in [-0.4, -0.2) is 39.1 Å². The van der Waals surface area contributed by atoms with Gasteiger partial charge in [0.1, 0.15) is 11.8 Å². The molecule has 0 aromatic carbocycles. The number of amidine groups is 1. The van der Waals surface area contributed by atoms with Crippen molar-refractivity contribution in [1.29, 1.82) is 0 Å². The number of aliphatic imine (C=N–C) groups is 2. The largest absolute Gasteiger partial charge is 0.462 e. The molecule has 0 saturated heterocycles. The molecule has 2 aliphatic heterocycles. The molecule has 2 aliphatic rings. The number of carbonyl (C=O) groups excluding carboxylic acids is 2. The average molecular weight is 346 g/mol. The van der Waals surface area contributed by atoms with Crippen molar-refractivity contribution in [3.8, 4) is 0 Å². The van der Waals surface area contributed by atoms with Crippen LogP contribution in [0.2, 0.25) is 0 Å². The van der Waals surface area contributed by atoms with Gasteiger partial charge in [-0.1, -0.05) is 11.8 Å². The number of carbonyl (C=O) groups is 2. The van der Waals surface area contributed by atoms with Crippen LogP contribution < -0.4 is 0 Å². The number of hydrogen-bond donors (Lipinski definition) is 0. The van der Waals surface area contributed by atoms with Crippen molar-refractivity contribution in [1.82, 2.24) is 9.78 Å². The van der Waals surface area contributed by atoms with E-state index >= 15 is 0 Å². The number of ether oxygens (including phenoxy) is 1. The highest BCUT2D eigenvalue weighted by molar-refractivity contribution is 8.18. The monoisotopic (exact) mass is 346 g/mol. The van der Waals surface area contributed by atoms with E-state index in [2.05, 4.69) is 15.1 Å². The first-order chi connectivity index (χ1) is 11.5. The lowest BCUT2D eigenvalue weighted by Gasteiger charge is -2.14. The van der Waals surface area contributed by atoms with Gasteiger partial charge < -0.3 is 4.74 Å². The van der Waals surface area contributed by atoms with Crippen LogP contribution in [0.1, 0.15) is 25.8 Å². The summed E-state index contributed by atoms with van der Waals surface area (Å²) >= 11 is 1.22. The van der Waals surface area contributed by atoms with Crippen LogP contribution in [-0.2, 0) is 20.9 Å². The Bertz CT molecular complexity index is 791. The van der Waals surface area contributed by atoms with E-state index < -0.39 is 11.9 Å². The molecule has 0 N–H and O–H groups in total. The number of amides is 1. The molecule has 3 rings (SSSR count). The van der Waals surface area contributed by atoms with Gasteiger partial charge in [-0.3, -0.25) is 9.48 Å². The number of aryl methyl sites for hydroxylation is 2. The Labute approximate surface area is 143 Å². The van der Waals surface area contributed by atoms with Gasteiger partial charge in [0.2, 0.25) is 0 Å². The zero-order chi connectivity index (χ0) is 17.3. The topological polar surface area (TPSA) is 85.9 Å². The average Bonchev–Trinajstić information content (AvgIpc) is 3.09. The zero-order valence-electron chi connectivity index (χ0n) is 13.8. The van der Waals surface area contributed by atoms with E-state index in [0.29, 0.717) is 40.9 Å². The van der Waals surface area contributed by atoms with E-state index in [-0.39, 0.29) is 5.91 Å². The molecule has 1 atom stereocenters. The molecule has 1 unspecified atom stereocenters. The van der Waals surface area contributed by atoms with Crippen LogP contribution in [0.5, 0.6) is 0 Å². The third-order valence-electron chi connectivity index (χ3n) is 3.76. The third kappa shape index (κ3) is 3.19. The van der Waals surface area contributed by atoms with Gasteiger partial charge in [0, 0.05) is 19.2 Å². The first kappa shape index (κ1) is 16.6. The molecule has 1 amide bonds. The Balaban J connectivity index is 1.73. The maximum atomic E-state index is 12.3. The summed E-state index contributed by atoms with van der Waals surface area (Å²) in [5.74, 6) is -0.732. The van der Waals surface area contributed by atoms with Gasteiger partial charge in [-0.15, -0.1) is 0 Å². The fraction of sp³-hybridized carbons (Fsp3) is 0.438. The quantitative estimate of drug-likeness (QED) is 0.762. The summed E-state index contributed by atoms with van der Waals surface area (Å²) in [6.07, 6.45) is 4.22. The van der Waals surface area contributed by atoms with Gasteiger partial charge in [0.25, 0.3) is 5.91 Å². The highest BCUT2D eigenvalue weighted by Gasteiger charge is 2.40. The molecule has 0 radical (unpaired) electrons. The summed E-state index contributed by atoms with van der Waals surface area (Å²) in [7, 11) is 0. The van der Waals surface area contributed by atoms with Crippen LogP contribution in [0.4, 0.5) is 0 Å². The molecular weight excluding hydrogens is 328 g/mol. The summed E-state index contributed by atoms with van der Waals surface area (Å²) < 4.78 is 6.83. The Morgan fingerprint density at radius 3 is 2.83 bits per heavy atom. The van der Waals surface area contributed by atoms with Crippen molar-refractivity contribution in [2.75, 3.05) is 6.61 Å². The summed E-state index contributed by atoms with van der Waals surface area (Å²) in [6.45, 7) is 6.38. The van der Waals surface area contributed by atoms with Crippen molar-refractivity contribution >= 4 is 34.5 Å². The minimum atomic E-state index is -0.537. The molecule has 0 bridgehead atoms. The van der Waals surface area contributed by atoms with E-state index in [9.17, 15) is 9.59 Å². The smallest absolute Gasteiger partial charge is 0.344 e. The molecule has 0 fully saturated rings. The molecule has 0 spiro atoms. The molecule has 8 heteroatoms. The second-order valence-corrected chi connectivity index (χ2v) is 6.65. The molecule has 24 heavy (non-hydrogen) atoms. The van der Waals surface area contributed by atoms with Crippen LogP contribution in [0.15, 0.2) is 32.9 Å². The molecule has 0 aliphatic carbocycles. The van der Waals surface area contributed by atoms with E-state index in [4.69, 9.17) is 4.74 Å². The van der Waals surface area contributed by atoms with Crippen molar-refractivity contribution < 1.29 is 14.3 Å². The number of fused-ring (bicyclic) bond motifs is 1. The summed E-state index contributed by atoms with van der Waals surface area (Å²) in [5, 5.41) is 4.82. The number of thioether (sulfide) groups is 1. The zero-order valence-corrected chi connectivity index (χ0v) is 14.6. The summed E-state index contributed by atoms with van der Waals surface area (Å²) in [5.41, 5.74) is 1.75. The standard InChI is InChI=1S/C16H18N4O3S/c1-4-23-16(22)13-10(3)12-14(21)18-11(19-15(12)24-13)5-6-20-8-9(2)7-17-20/h7-8,12H,4-6H2,1-3H3. The van der Waals surface area contributed by atoms with Crippen molar-refractivity contribution in [3.05, 3.63) is 28.4 Å². The Kier molecular flexibility index (Phi) is 4.66. The van der Waals surface area contributed by atoms with E-state index in [1.807, 2.05) is 13.1 Å². The first-order valence-electron chi connectivity index (χ1n) is 7.74. The number of aromatic nitrogens is 2. The van der Waals surface area contributed by atoms with Crippen molar-refractivity contribution in [2.24, 2.45) is 15.9 Å². The molecular formula is C16H18N4O3S. The Morgan fingerprint density at radius 1 is 1.38 bits per heavy atom. The highest BCUT2D eigenvalue weighted by atomic mass is 32.2.